The van der Waals surface area contributed by atoms with Crippen LogP contribution in [0.3, 0.4) is 0 Å². The number of hydrogen-bond donors (Lipinski definition) is 1. The number of likely N-dealkylation sites (tertiary alicyclic amines) is 1. The Hall–Kier alpha value is -0.390. The summed E-state index contributed by atoms with van der Waals surface area (Å²) in [5, 5.41) is 1.01. The summed E-state index contributed by atoms with van der Waals surface area (Å²) >= 11 is 17.7. The molecule has 0 unspecified atom stereocenters. The van der Waals surface area contributed by atoms with Crippen molar-refractivity contribution in [3.63, 3.8) is 0 Å². The van der Waals surface area contributed by atoms with Gasteiger partial charge in [-0.2, -0.15) is 0 Å². The van der Waals surface area contributed by atoms with Crippen molar-refractivity contribution in [3.05, 3.63) is 27.2 Å². The number of nitrogens with zero attached hydrogens (tertiary/aromatic N) is 1. The van der Waals surface area contributed by atoms with Crippen molar-refractivity contribution in [2.24, 2.45) is 5.73 Å². The van der Waals surface area contributed by atoms with E-state index in [-0.39, 0.29) is 31.0 Å². The van der Waals surface area contributed by atoms with Gasteiger partial charge in [0, 0.05) is 25.2 Å². The number of amides is 1. The molecule has 1 saturated heterocycles. The Kier molecular flexibility index (Phi) is 7.37. The van der Waals surface area contributed by atoms with Gasteiger partial charge in [-0.3, -0.25) is 4.79 Å². The van der Waals surface area contributed by atoms with Crippen molar-refractivity contribution in [2.45, 2.75) is 18.9 Å². The maximum absolute atomic E-state index is 12.0. The number of nitrogens with two attached hydrogens (primary N) is 1. The second-order valence-corrected chi connectivity index (χ2v) is 5.93. The average Bonchev–Trinajstić information content (AvgIpc) is 2.42. The Morgan fingerprint density at radius 2 is 1.76 bits per heavy atom. The fourth-order valence-electron chi connectivity index (χ4n) is 1.99. The summed E-state index contributed by atoms with van der Waals surface area (Å²) in [6.45, 7) is 1.25. The van der Waals surface area contributed by atoms with Crippen LogP contribution in [0, 0.1) is 0 Å². The maximum atomic E-state index is 12.0. The van der Waals surface area contributed by atoms with E-state index in [0.29, 0.717) is 33.9 Å². The van der Waals surface area contributed by atoms with E-state index in [4.69, 9.17) is 45.3 Å². The maximum Gasteiger partial charge on any atom is 0.260 e. The third kappa shape index (κ3) is 5.08. The van der Waals surface area contributed by atoms with E-state index in [1.165, 1.54) is 12.1 Å². The highest BCUT2D eigenvalue weighted by Gasteiger charge is 2.21. The van der Waals surface area contributed by atoms with E-state index in [9.17, 15) is 4.79 Å². The van der Waals surface area contributed by atoms with E-state index in [0.717, 1.165) is 12.8 Å². The molecule has 4 nitrogen and oxygen atoms in total. The molecule has 0 aliphatic carbocycles. The molecule has 0 spiro atoms. The van der Waals surface area contributed by atoms with Crippen LogP contribution in [0.1, 0.15) is 12.8 Å². The Balaban J connectivity index is 0.00000220. The number of benzene rings is 1. The molecule has 0 aromatic heterocycles. The van der Waals surface area contributed by atoms with Gasteiger partial charge in [0.05, 0.1) is 15.1 Å². The van der Waals surface area contributed by atoms with Gasteiger partial charge in [-0.1, -0.05) is 34.8 Å². The van der Waals surface area contributed by atoms with Crippen LogP contribution < -0.4 is 10.5 Å². The van der Waals surface area contributed by atoms with Crippen LogP contribution in [0.5, 0.6) is 5.75 Å². The van der Waals surface area contributed by atoms with Gasteiger partial charge in [0.15, 0.2) is 6.61 Å². The fraction of sp³-hybridized carbons (Fsp3) is 0.462. The molecule has 118 valence electrons. The number of carbonyl (C=O) groups is 1. The molecule has 0 bridgehead atoms. The standard InChI is InChI=1S/C13H15Cl3N2O2.ClH/c14-9-5-11(16)12(6-10(9)15)20-7-13(19)18-3-1-8(17)2-4-18;/h5-6,8H,1-4,7,17H2;1H. The van der Waals surface area contributed by atoms with Gasteiger partial charge in [-0.05, 0) is 18.9 Å². The van der Waals surface area contributed by atoms with Gasteiger partial charge in [0.25, 0.3) is 5.91 Å². The van der Waals surface area contributed by atoms with Crippen LogP contribution in [0.15, 0.2) is 12.1 Å². The Morgan fingerprint density at radius 1 is 1.19 bits per heavy atom. The highest BCUT2D eigenvalue weighted by molar-refractivity contribution is 6.43. The quantitative estimate of drug-likeness (QED) is 0.826. The van der Waals surface area contributed by atoms with Gasteiger partial charge < -0.3 is 15.4 Å². The lowest BCUT2D eigenvalue weighted by Gasteiger charge is -2.30. The summed E-state index contributed by atoms with van der Waals surface area (Å²) in [7, 11) is 0. The Bertz CT molecular complexity index is 505. The molecular formula is C13H16Cl4N2O2. The minimum atomic E-state index is -0.0842. The molecule has 21 heavy (non-hydrogen) atoms. The normalized spacial score (nSPS) is 15.5. The largest absolute Gasteiger partial charge is 0.482 e. The highest BCUT2D eigenvalue weighted by Crippen LogP contribution is 2.33. The van der Waals surface area contributed by atoms with Gasteiger partial charge in [-0.25, -0.2) is 0 Å². The minimum absolute atomic E-state index is 0. The van der Waals surface area contributed by atoms with E-state index in [1.807, 2.05) is 0 Å². The van der Waals surface area contributed by atoms with E-state index < -0.39 is 0 Å². The van der Waals surface area contributed by atoms with Crippen LogP contribution in [0.4, 0.5) is 0 Å². The Morgan fingerprint density at radius 3 is 2.38 bits per heavy atom. The SMILES string of the molecule is Cl.NC1CCN(C(=O)COc2cc(Cl)c(Cl)cc2Cl)CC1. The predicted octanol–water partition coefficient (Wildman–Crippen LogP) is 3.40. The van der Waals surface area contributed by atoms with Crippen LogP contribution in [0.25, 0.3) is 0 Å². The molecule has 8 heteroatoms. The topological polar surface area (TPSA) is 55.6 Å². The molecule has 2 rings (SSSR count). The van der Waals surface area contributed by atoms with Crippen LogP contribution in [-0.4, -0.2) is 36.5 Å². The molecule has 1 aromatic carbocycles. The molecule has 0 radical (unpaired) electrons. The summed E-state index contributed by atoms with van der Waals surface area (Å²) in [5.74, 6) is 0.266. The van der Waals surface area contributed by atoms with E-state index >= 15 is 0 Å². The van der Waals surface area contributed by atoms with Crippen molar-refractivity contribution in [1.29, 1.82) is 0 Å². The first-order valence-corrected chi connectivity index (χ1v) is 7.41. The second kappa shape index (κ2) is 8.30. The van der Waals surface area contributed by atoms with Gasteiger partial charge >= 0.3 is 0 Å². The number of ether oxygens (including phenoxy) is 1. The third-order valence-electron chi connectivity index (χ3n) is 3.22. The van der Waals surface area contributed by atoms with Crippen LogP contribution >= 0.6 is 47.2 Å². The van der Waals surface area contributed by atoms with Crippen molar-refractivity contribution >= 4 is 53.1 Å². The lowest BCUT2D eigenvalue weighted by Crippen LogP contribution is -2.44. The van der Waals surface area contributed by atoms with Gasteiger partial charge in [-0.15, -0.1) is 12.4 Å². The molecule has 1 aliphatic rings. The van der Waals surface area contributed by atoms with Crippen molar-refractivity contribution < 1.29 is 9.53 Å². The molecule has 1 heterocycles. The monoisotopic (exact) mass is 372 g/mol. The molecule has 2 N–H and O–H groups in total. The summed E-state index contributed by atoms with van der Waals surface area (Å²) in [5.41, 5.74) is 5.80. The van der Waals surface area contributed by atoms with Gasteiger partial charge in [0.1, 0.15) is 5.75 Å². The number of carbonyl (C=O) groups excluding carboxylic acids is 1. The molecule has 1 fully saturated rings. The lowest BCUT2D eigenvalue weighted by atomic mass is 10.1. The molecular weight excluding hydrogens is 358 g/mol. The molecule has 1 aliphatic heterocycles. The fourth-order valence-corrected chi connectivity index (χ4v) is 2.59. The smallest absolute Gasteiger partial charge is 0.260 e. The molecule has 1 amide bonds. The predicted molar refractivity (Wildman–Crippen MR) is 88.0 cm³/mol. The summed E-state index contributed by atoms with van der Waals surface area (Å²) < 4.78 is 5.42. The number of halogens is 4. The zero-order chi connectivity index (χ0) is 14.7. The van der Waals surface area contributed by atoms with Crippen molar-refractivity contribution in [1.82, 2.24) is 4.90 Å². The first-order valence-electron chi connectivity index (χ1n) is 6.28. The Labute approximate surface area is 144 Å². The second-order valence-electron chi connectivity index (χ2n) is 4.70. The summed E-state index contributed by atoms with van der Waals surface area (Å²) in [6.07, 6.45) is 1.64. The highest BCUT2D eigenvalue weighted by atomic mass is 35.5. The lowest BCUT2D eigenvalue weighted by molar-refractivity contribution is -0.134. The summed E-state index contributed by atoms with van der Waals surface area (Å²) in [4.78, 5) is 13.7. The number of piperidine rings is 1. The van der Waals surface area contributed by atoms with Crippen LogP contribution in [-0.2, 0) is 4.79 Å². The number of hydrogen-bond acceptors (Lipinski definition) is 3. The number of rotatable bonds is 3. The summed E-state index contributed by atoms with van der Waals surface area (Å²) in [6, 6.07) is 3.18. The minimum Gasteiger partial charge on any atom is -0.482 e. The van der Waals surface area contributed by atoms with Crippen molar-refractivity contribution in [2.75, 3.05) is 19.7 Å². The molecule has 1 aromatic rings. The molecule has 0 saturated carbocycles. The van der Waals surface area contributed by atoms with E-state index in [2.05, 4.69) is 0 Å². The third-order valence-corrected chi connectivity index (χ3v) is 4.24. The first-order chi connectivity index (χ1) is 9.47. The van der Waals surface area contributed by atoms with Crippen LogP contribution in [0.2, 0.25) is 15.1 Å². The first kappa shape index (κ1) is 18.7. The zero-order valence-corrected chi connectivity index (χ0v) is 14.2. The van der Waals surface area contributed by atoms with E-state index in [1.54, 1.807) is 4.90 Å². The van der Waals surface area contributed by atoms with Crippen molar-refractivity contribution in [3.8, 4) is 5.75 Å². The van der Waals surface area contributed by atoms with Gasteiger partial charge in [0.2, 0.25) is 0 Å². The molecule has 0 atom stereocenters. The zero-order valence-electron chi connectivity index (χ0n) is 11.2. The average molecular weight is 374 g/mol.